The van der Waals surface area contributed by atoms with Gasteiger partial charge < -0.3 is 29.2 Å². The number of benzene rings is 1. The Bertz CT molecular complexity index is 1320. The molecule has 2 aliphatic heterocycles. The number of halogens is 1. The molecule has 11 heteroatoms. The third kappa shape index (κ3) is 7.61. The van der Waals surface area contributed by atoms with Crippen LogP contribution in [0.1, 0.15) is 82.5 Å². The maximum Gasteiger partial charge on any atom is 0.324 e. The second kappa shape index (κ2) is 14.1. The first-order valence-electron chi connectivity index (χ1n) is 15.5. The van der Waals surface area contributed by atoms with Crippen molar-refractivity contribution in [2.24, 2.45) is 11.8 Å². The van der Waals surface area contributed by atoms with Gasteiger partial charge in [-0.05, 0) is 74.1 Å². The summed E-state index contributed by atoms with van der Waals surface area (Å²) >= 11 is 0. The Hall–Kier alpha value is -3.76. The Labute approximate surface area is 252 Å². The Balaban J connectivity index is 1.04. The fourth-order valence-corrected chi connectivity index (χ4v) is 6.06. The summed E-state index contributed by atoms with van der Waals surface area (Å²) in [5.74, 6) is 0.765. The minimum Gasteiger partial charge on any atom is -0.490 e. The maximum atomic E-state index is 15.0. The Kier molecular flexibility index (Phi) is 10.1. The lowest BCUT2D eigenvalue weighted by Crippen LogP contribution is -2.39. The van der Waals surface area contributed by atoms with Crippen molar-refractivity contribution in [3.05, 3.63) is 41.5 Å². The molecular weight excluding hydrogens is 553 g/mol. The van der Waals surface area contributed by atoms with Crippen LogP contribution in [0.5, 0.6) is 5.75 Å². The smallest absolute Gasteiger partial charge is 0.324 e. The van der Waals surface area contributed by atoms with E-state index in [1.54, 1.807) is 11.0 Å². The minimum atomic E-state index is -0.387. The highest BCUT2D eigenvalue weighted by atomic mass is 19.1. The molecule has 0 spiro atoms. The average molecular weight is 596 g/mol. The molecule has 0 radical (unpaired) electrons. The van der Waals surface area contributed by atoms with E-state index in [1.807, 2.05) is 26.0 Å². The zero-order valence-electron chi connectivity index (χ0n) is 25.1. The van der Waals surface area contributed by atoms with Crippen LogP contribution in [0.15, 0.2) is 28.8 Å². The summed E-state index contributed by atoms with van der Waals surface area (Å²) in [5.41, 5.74) is 1.82. The van der Waals surface area contributed by atoms with Crippen molar-refractivity contribution < 1.29 is 28.0 Å². The maximum absolute atomic E-state index is 15.0. The van der Waals surface area contributed by atoms with Gasteiger partial charge in [0.2, 0.25) is 11.8 Å². The lowest BCUT2D eigenvalue weighted by Gasteiger charge is -2.30. The van der Waals surface area contributed by atoms with Gasteiger partial charge in [-0.2, -0.15) is 4.98 Å². The van der Waals surface area contributed by atoms with Gasteiger partial charge in [0.05, 0.1) is 12.6 Å². The summed E-state index contributed by atoms with van der Waals surface area (Å²) in [7, 11) is 0. The van der Waals surface area contributed by atoms with Crippen molar-refractivity contribution in [3.8, 4) is 5.75 Å². The van der Waals surface area contributed by atoms with Gasteiger partial charge in [0, 0.05) is 44.4 Å². The molecule has 1 aromatic carbocycles. The van der Waals surface area contributed by atoms with E-state index in [-0.39, 0.29) is 54.2 Å². The highest BCUT2D eigenvalue weighted by molar-refractivity contribution is 5.83. The van der Waals surface area contributed by atoms with Crippen molar-refractivity contribution in [1.82, 2.24) is 20.4 Å². The van der Waals surface area contributed by atoms with Crippen LogP contribution in [0.4, 0.5) is 10.4 Å². The molecule has 232 valence electrons. The first-order valence-corrected chi connectivity index (χ1v) is 15.5. The number of ether oxygens (including phenoxy) is 1. The van der Waals surface area contributed by atoms with Gasteiger partial charge in [-0.25, -0.2) is 4.39 Å². The Morgan fingerprint density at radius 1 is 1.19 bits per heavy atom. The van der Waals surface area contributed by atoms with E-state index < -0.39 is 0 Å². The van der Waals surface area contributed by atoms with Gasteiger partial charge in [-0.3, -0.25) is 9.59 Å². The molecule has 2 saturated heterocycles. The molecule has 2 fully saturated rings. The number of hydrogen-bond donors (Lipinski definition) is 1. The van der Waals surface area contributed by atoms with Crippen molar-refractivity contribution in [3.63, 3.8) is 0 Å². The quantitative estimate of drug-likeness (QED) is 0.377. The van der Waals surface area contributed by atoms with Crippen LogP contribution >= 0.6 is 0 Å². The average Bonchev–Trinajstić information content (AvgIpc) is 3.71. The minimum absolute atomic E-state index is 0.0744. The van der Waals surface area contributed by atoms with E-state index in [2.05, 4.69) is 20.4 Å². The molecular formula is C32H42FN5O5. The highest BCUT2D eigenvalue weighted by Crippen LogP contribution is 2.33. The molecule has 1 N–H and O–H groups in total. The molecule has 1 aliphatic carbocycles. The molecule has 2 aromatic rings. The summed E-state index contributed by atoms with van der Waals surface area (Å²) in [6, 6.07) is 5.32. The number of aldehydes is 1. The fraction of sp³-hybridized carbons (Fsp3) is 0.594. The third-order valence-electron chi connectivity index (χ3n) is 8.81. The zero-order chi connectivity index (χ0) is 30.3. The number of nitrogens with one attached hydrogen (secondary N) is 1. The lowest BCUT2D eigenvalue weighted by molar-refractivity contribution is -0.134. The number of allylic oxidation sites excluding steroid dienone is 2. The van der Waals surface area contributed by atoms with Crippen molar-refractivity contribution in [1.29, 1.82) is 0 Å². The van der Waals surface area contributed by atoms with Crippen molar-refractivity contribution in [2.45, 2.75) is 77.2 Å². The molecule has 2 unspecified atom stereocenters. The molecule has 0 saturated carbocycles. The largest absolute Gasteiger partial charge is 0.490 e. The second-order valence-electron chi connectivity index (χ2n) is 12.2. The molecule has 0 bridgehead atoms. The predicted molar refractivity (Wildman–Crippen MR) is 159 cm³/mol. The third-order valence-corrected chi connectivity index (χ3v) is 8.81. The van der Waals surface area contributed by atoms with Crippen LogP contribution in [-0.2, 0) is 14.4 Å². The molecule has 43 heavy (non-hydrogen) atoms. The molecule has 3 heterocycles. The Morgan fingerprint density at radius 2 is 2.00 bits per heavy atom. The number of amides is 2. The topological polar surface area (TPSA) is 118 Å². The molecule has 2 atom stereocenters. The van der Waals surface area contributed by atoms with Gasteiger partial charge in [0.25, 0.3) is 0 Å². The number of carbonyl (C=O) groups is 3. The zero-order valence-corrected chi connectivity index (χ0v) is 25.1. The number of aromatic nitrogens is 2. The summed E-state index contributed by atoms with van der Waals surface area (Å²) < 4.78 is 26.3. The first-order chi connectivity index (χ1) is 20.8. The summed E-state index contributed by atoms with van der Waals surface area (Å²) in [6.45, 7) is 6.96. The van der Waals surface area contributed by atoms with E-state index in [9.17, 15) is 18.8 Å². The van der Waals surface area contributed by atoms with Crippen LogP contribution in [0.25, 0.3) is 5.57 Å². The van der Waals surface area contributed by atoms with E-state index >= 15 is 0 Å². The number of carbonyl (C=O) groups excluding carboxylic acids is 3. The first kappa shape index (κ1) is 30.7. The molecule has 5 rings (SSSR count). The second-order valence-corrected chi connectivity index (χ2v) is 12.2. The molecule has 3 aliphatic rings. The fourth-order valence-electron chi connectivity index (χ4n) is 6.06. The SMILES string of the molecule is CC(C)c1noc(N2CCC(COc3ccc(C4=CCC(C(=O)NCCC(=O)N5CCCC5C=O)CC4)cc3F)CC2)n1. The summed E-state index contributed by atoms with van der Waals surface area (Å²) in [4.78, 5) is 44.4. The number of piperidine rings is 1. The normalized spacial score (nSPS) is 21.2. The number of rotatable bonds is 11. The monoisotopic (exact) mass is 595 g/mol. The van der Waals surface area contributed by atoms with Gasteiger partial charge >= 0.3 is 6.01 Å². The van der Waals surface area contributed by atoms with Crippen LogP contribution in [0.3, 0.4) is 0 Å². The number of nitrogens with zero attached hydrogens (tertiary/aromatic N) is 4. The van der Waals surface area contributed by atoms with Crippen LogP contribution in [0, 0.1) is 17.7 Å². The van der Waals surface area contributed by atoms with Gasteiger partial charge in [-0.15, -0.1) is 0 Å². The highest BCUT2D eigenvalue weighted by Gasteiger charge is 2.29. The molecule has 1 aromatic heterocycles. The van der Waals surface area contributed by atoms with Crippen molar-refractivity contribution >= 4 is 29.7 Å². The van der Waals surface area contributed by atoms with E-state index in [1.165, 1.54) is 6.07 Å². The van der Waals surface area contributed by atoms with Crippen LogP contribution in [0.2, 0.25) is 0 Å². The summed E-state index contributed by atoms with van der Waals surface area (Å²) in [6.07, 6.45) is 8.26. The van der Waals surface area contributed by atoms with E-state index in [0.717, 1.165) is 49.8 Å². The predicted octanol–water partition coefficient (Wildman–Crippen LogP) is 4.51. The summed E-state index contributed by atoms with van der Waals surface area (Å²) in [5, 5.41) is 6.92. The number of hydrogen-bond acceptors (Lipinski definition) is 8. The van der Waals surface area contributed by atoms with Gasteiger partial charge in [0.15, 0.2) is 17.4 Å². The van der Waals surface area contributed by atoms with Crippen molar-refractivity contribution in [2.75, 3.05) is 37.7 Å². The van der Waals surface area contributed by atoms with Gasteiger partial charge in [0.1, 0.15) is 6.29 Å². The lowest BCUT2D eigenvalue weighted by atomic mass is 9.86. The number of anilines is 1. The van der Waals surface area contributed by atoms with Crippen LogP contribution in [-0.4, -0.2) is 72.0 Å². The molecule has 2 amide bonds. The number of likely N-dealkylation sites (tertiary alicyclic amines) is 1. The molecule has 10 nitrogen and oxygen atoms in total. The van der Waals surface area contributed by atoms with E-state index in [0.29, 0.717) is 56.6 Å². The standard InChI is InChI=1S/C32H42FN5O5/c1-21(2)30-35-32(43-36-30)37-16-12-22(13-17-37)20-42-28-10-9-25(18-27(28)33)23-5-7-24(8-6-23)31(41)34-14-11-29(40)38-15-3-4-26(38)19-39/h5,9-10,18-19,21-22,24,26H,3-4,6-8,11-17,20H2,1-2H3,(H,34,41). The van der Waals surface area contributed by atoms with Gasteiger partial charge in [-0.1, -0.05) is 31.1 Å². The van der Waals surface area contributed by atoms with E-state index in [4.69, 9.17) is 9.26 Å². The Morgan fingerprint density at radius 3 is 2.67 bits per heavy atom. The van der Waals surface area contributed by atoms with Crippen LogP contribution < -0.4 is 15.0 Å².